The van der Waals surface area contributed by atoms with Crippen LogP contribution >= 0.6 is 0 Å². The first-order chi connectivity index (χ1) is 8.06. The van der Waals surface area contributed by atoms with Gasteiger partial charge in [0.2, 0.25) is 5.91 Å². The molecule has 1 aliphatic rings. The van der Waals surface area contributed by atoms with E-state index in [1.165, 1.54) is 0 Å². The number of nitrogens with two attached hydrogens (primary N) is 1. The molecule has 0 aromatic carbocycles. The van der Waals surface area contributed by atoms with Gasteiger partial charge < -0.3 is 11.1 Å². The van der Waals surface area contributed by atoms with Crippen molar-refractivity contribution in [1.29, 1.82) is 0 Å². The number of carbonyl (C=O) groups is 1. The van der Waals surface area contributed by atoms with Crippen molar-refractivity contribution in [3.63, 3.8) is 0 Å². The number of amides is 1. The molecule has 0 saturated heterocycles. The van der Waals surface area contributed by atoms with Crippen LogP contribution in [0.1, 0.15) is 26.3 Å². The quantitative estimate of drug-likeness (QED) is 0.774. The number of hydrogen-bond acceptors (Lipinski definition) is 3. The lowest BCUT2D eigenvalue weighted by Gasteiger charge is -2.09. The molecule has 1 heterocycles. The molecular weight excluding hydrogens is 216 g/mol. The van der Waals surface area contributed by atoms with Crippen LogP contribution in [-0.2, 0) is 4.79 Å². The van der Waals surface area contributed by atoms with Crippen LogP contribution in [0.2, 0.25) is 0 Å². The van der Waals surface area contributed by atoms with Crippen molar-refractivity contribution in [2.75, 3.05) is 5.32 Å². The third kappa shape index (κ3) is 2.74. The molecule has 0 bridgehead atoms. The molecular formula is C12H18N4O. The van der Waals surface area contributed by atoms with E-state index in [-0.39, 0.29) is 17.9 Å². The summed E-state index contributed by atoms with van der Waals surface area (Å²) in [6.07, 6.45) is 7.93. The van der Waals surface area contributed by atoms with Crippen LogP contribution in [0.4, 0.5) is 5.69 Å². The summed E-state index contributed by atoms with van der Waals surface area (Å²) in [5.74, 6) is -0.134. The summed E-state index contributed by atoms with van der Waals surface area (Å²) in [4.78, 5) is 11.9. The summed E-state index contributed by atoms with van der Waals surface area (Å²) >= 11 is 0. The number of carbonyl (C=O) groups excluding carboxylic acids is 1. The second-order valence-corrected chi connectivity index (χ2v) is 4.68. The van der Waals surface area contributed by atoms with Crippen molar-refractivity contribution in [2.24, 2.45) is 11.7 Å². The summed E-state index contributed by atoms with van der Waals surface area (Å²) < 4.78 is 1.81. The maximum Gasteiger partial charge on any atom is 0.231 e. The zero-order valence-corrected chi connectivity index (χ0v) is 10.1. The Kier molecular flexibility index (Phi) is 3.28. The molecule has 0 radical (unpaired) electrons. The van der Waals surface area contributed by atoms with Gasteiger partial charge in [-0.05, 0) is 20.3 Å². The van der Waals surface area contributed by atoms with Crippen LogP contribution in [0, 0.1) is 5.92 Å². The number of nitrogens with zero attached hydrogens (tertiary/aromatic N) is 2. The third-order valence-corrected chi connectivity index (χ3v) is 2.85. The average Bonchev–Trinajstić information content (AvgIpc) is 2.86. The van der Waals surface area contributed by atoms with Crippen molar-refractivity contribution in [2.45, 2.75) is 32.4 Å². The molecule has 2 rings (SSSR count). The molecule has 92 valence electrons. The molecule has 1 aromatic rings. The smallest absolute Gasteiger partial charge is 0.231 e. The predicted molar refractivity (Wildman–Crippen MR) is 66.5 cm³/mol. The van der Waals surface area contributed by atoms with Crippen molar-refractivity contribution in [3.05, 3.63) is 24.5 Å². The maximum atomic E-state index is 11.9. The molecule has 1 aromatic heterocycles. The minimum Gasteiger partial charge on any atom is -0.324 e. The Hall–Kier alpha value is -1.62. The minimum atomic E-state index is -0.118. The number of anilines is 1. The molecule has 1 amide bonds. The van der Waals surface area contributed by atoms with Crippen LogP contribution in [0.15, 0.2) is 24.5 Å². The second-order valence-electron chi connectivity index (χ2n) is 4.68. The zero-order valence-electron chi connectivity index (χ0n) is 10.1. The first kappa shape index (κ1) is 11.9. The van der Waals surface area contributed by atoms with E-state index in [1.54, 1.807) is 6.20 Å². The lowest BCUT2D eigenvalue weighted by atomic mass is 10.1. The number of rotatable bonds is 3. The molecule has 0 spiro atoms. The van der Waals surface area contributed by atoms with Crippen LogP contribution in [0.25, 0.3) is 0 Å². The van der Waals surface area contributed by atoms with Crippen molar-refractivity contribution in [3.8, 4) is 0 Å². The Morgan fingerprint density at radius 3 is 2.88 bits per heavy atom. The highest BCUT2D eigenvalue weighted by Crippen LogP contribution is 2.19. The largest absolute Gasteiger partial charge is 0.324 e. The van der Waals surface area contributed by atoms with Crippen LogP contribution in [0.5, 0.6) is 0 Å². The summed E-state index contributed by atoms with van der Waals surface area (Å²) in [7, 11) is 0. The third-order valence-electron chi connectivity index (χ3n) is 2.85. The Bertz CT molecular complexity index is 435. The highest BCUT2D eigenvalue weighted by atomic mass is 16.1. The van der Waals surface area contributed by atoms with Gasteiger partial charge in [0.05, 0.1) is 17.8 Å². The fourth-order valence-corrected chi connectivity index (χ4v) is 1.84. The molecule has 2 atom stereocenters. The van der Waals surface area contributed by atoms with Crippen LogP contribution in [0.3, 0.4) is 0 Å². The molecule has 1 aliphatic carbocycles. The molecule has 17 heavy (non-hydrogen) atoms. The summed E-state index contributed by atoms with van der Waals surface area (Å²) in [6.45, 7) is 4.08. The summed E-state index contributed by atoms with van der Waals surface area (Å²) in [5.41, 5.74) is 6.45. The van der Waals surface area contributed by atoms with Crippen molar-refractivity contribution < 1.29 is 4.79 Å². The predicted octanol–water partition coefficient (Wildman–Crippen LogP) is 1.31. The Morgan fingerprint density at radius 2 is 2.35 bits per heavy atom. The Morgan fingerprint density at radius 1 is 1.59 bits per heavy atom. The van der Waals surface area contributed by atoms with E-state index < -0.39 is 0 Å². The van der Waals surface area contributed by atoms with Gasteiger partial charge in [-0.25, -0.2) is 0 Å². The normalized spacial score (nSPS) is 23.3. The lowest BCUT2D eigenvalue weighted by Crippen LogP contribution is -2.23. The van der Waals surface area contributed by atoms with Crippen molar-refractivity contribution >= 4 is 11.6 Å². The van der Waals surface area contributed by atoms with E-state index in [1.807, 2.05) is 36.9 Å². The number of hydrogen-bond donors (Lipinski definition) is 2. The maximum absolute atomic E-state index is 11.9. The molecule has 0 saturated carbocycles. The van der Waals surface area contributed by atoms with Gasteiger partial charge in [0.25, 0.3) is 0 Å². The van der Waals surface area contributed by atoms with E-state index in [9.17, 15) is 4.79 Å². The Balaban J connectivity index is 1.96. The van der Waals surface area contributed by atoms with Gasteiger partial charge in [0.1, 0.15) is 0 Å². The molecule has 0 fully saturated rings. The van der Waals surface area contributed by atoms with Gasteiger partial charge in [-0.1, -0.05) is 12.2 Å². The van der Waals surface area contributed by atoms with Crippen molar-refractivity contribution in [1.82, 2.24) is 9.78 Å². The number of nitrogens with one attached hydrogen (secondary N) is 1. The SMILES string of the molecule is CC(C)n1cc(NC(=O)C2C=CC(N)C2)cn1. The summed E-state index contributed by atoms with van der Waals surface area (Å²) in [5, 5.41) is 7.02. The van der Waals surface area contributed by atoms with Crippen LogP contribution in [-0.4, -0.2) is 21.7 Å². The minimum absolute atomic E-state index is 0.00383. The highest BCUT2D eigenvalue weighted by Gasteiger charge is 2.22. The zero-order chi connectivity index (χ0) is 12.4. The summed E-state index contributed by atoms with van der Waals surface area (Å²) in [6, 6.07) is 0.296. The van der Waals surface area contributed by atoms with Gasteiger partial charge in [0, 0.05) is 18.3 Å². The van der Waals surface area contributed by atoms with Gasteiger partial charge in [-0.2, -0.15) is 5.10 Å². The molecule has 0 aliphatic heterocycles. The average molecular weight is 234 g/mol. The topological polar surface area (TPSA) is 72.9 Å². The monoisotopic (exact) mass is 234 g/mol. The molecule has 5 nitrogen and oxygen atoms in total. The molecule has 5 heteroatoms. The second kappa shape index (κ2) is 4.71. The molecule has 3 N–H and O–H groups in total. The first-order valence-electron chi connectivity index (χ1n) is 5.85. The lowest BCUT2D eigenvalue weighted by molar-refractivity contribution is -0.118. The number of aromatic nitrogens is 2. The van der Waals surface area contributed by atoms with E-state index >= 15 is 0 Å². The van der Waals surface area contributed by atoms with Gasteiger partial charge in [0.15, 0.2) is 0 Å². The van der Waals surface area contributed by atoms with E-state index in [4.69, 9.17) is 5.73 Å². The fraction of sp³-hybridized carbons (Fsp3) is 0.500. The van der Waals surface area contributed by atoms with E-state index in [0.29, 0.717) is 12.5 Å². The van der Waals surface area contributed by atoms with Crippen LogP contribution < -0.4 is 11.1 Å². The van der Waals surface area contributed by atoms with E-state index in [2.05, 4.69) is 10.4 Å². The highest BCUT2D eigenvalue weighted by molar-refractivity contribution is 5.93. The van der Waals surface area contributed by atoms with Gasteiger partial charge in [-0.15, -0.1) is 0 Å². The molecule has 2 unspecified atom stereocenters. The standard InChI is InChI=1S/C12H18N4O/c1-8(2)16-7-11(6-14-16)15-12(17)9-3-4-10(13)5-9/h3-4,6-10H,5,13H2,1-2H3,(H,15,17). The Labute approximate surface area is 101 Å². The van der Waals surface area contributed by atoms with E-state index in [0.717, 1.165) is 5.69 Å². The van der Waals surface area contributed by atoms with Gasteiger partial charge in [-0.3, -0.25) is 9.48 Å². The fourth-order valence-electron chi connectivity index (χ4n) is 1.84. The first-order valence-corrected chi connectivity index (χ1v) is 5.85. The van der Waals surface area contributed by atoms with Gasteiger partial charge >= 0.3 is 0 Å².